The predicted octanol–water partition coefficient (Wildman–Crippen LogP) is 11.6. The van der Waals surface area contributed by atoms with Gasteiger partial charge in [-0.1, -0.05) is 115 Å². The Bertz CT molecular complexity index is 2850. The number of allylic oxidation sites excluding steroid dienone is 3. The number of aromatic nitrogens is 3. The molecule has 220 valence electrons. The van der Waals surface area contributed by atoms with Crippen molar-refractivity contribution >= 4 is 86.6 Å². The van der Waals surface area contributed by atoms with Crippen LogP contribution in [0, 0.1) is 0 Å². The SMILES string of the molecule is C1=CC2Sc3nc(-c4ccc5sc6ccccc6c5c4)c(-n4c5cc6ccccc6cc5c5c6ccccc6ccc54)nc3C2C=C1. The molecule has 0 spiro atoms. The maximum atomic E-state index is 5.64. The molecule has 0 bridgehead atoms. The lowest BCUT2D eigenvalue weighted by molar-refractivity contribution is 0.806. The fraction of sp³-hybridized carbons (Fsp3) is 0.0476. The normalized spacial score (nSPS) is 17.1. The van der Waals surface area contributed by atoms with Gasteiger partial charge in [0, 0.05) is 47.7 Å². The van der Waals surface area contributed by atoms with Crippen LogP contribution in [0.25, 0.3) is 80.6 Å². The minimum absolute atomic E-state index is 0.207. The molecule has 6 aromatic carbocycles. The Hall–Kier alpha value is -5.23. The van der Waals surface area contributed by atoms with E-state index in [2.05, 4.69) is 144 Å². The zero-order valence-electron chi connectivity index (χ0n) is 25.1. The summed E-state index contributed by atoms with van der Waals surface area (Å²) in [5.74, 6) is 1.09. The third-order valence-electron chi connectivity index (χ3n) is 9.90. The van der Waals surface area contributed by atoms with Crippen molar-refractivity contribution in [3.05, 3.63) is 145 Å². The number of fused-ring (bicyclic) bond motifs is 12. The molecule has 1 aliphatic heterocycles. The van der Waals surface area contributed by atoms with Crippen LogP contribution < -0.4 is 0 Å². The van der Waals surface area contributed by atoms with Gasteiger partial charge < -0.3 is 0 Å². The summed E-state index contributed by atoms with van der Waals surface area (Å²) in [4.78, 5) is 11.2. The van der Waals surface area contributed by atoms with Crippen LogP contribution in [0.5, 0.6) is 0 Å². The van der Waals surface area contributed by atoms with Crippen LogP contribution in [0.3, 0.4) is 0 Å². The highest BCUT2D eigenvalue weighted by Crippen LogP contribution is 2.49. The number of rotatable bonds is 2. The highest BCUT2D eigenvalue weighted by atomic mass is 32.2. The van der Waals surface area contributed by atoms with Gasteiger partial charge in [0.25, 0.3) is 0 Å². The molecule has 2 atom stereocenters. The van der Waals surface area contributed by atoms with Gasteiger partial charge >= 0.3 is 0 Å². The third kappa shape index (κ3) is 3.70. The van der Waals surface area contributed by atoms with Gasteiger partial charge in [0.15, 0.2) is 5.82 Å². The van der Waals surface area contributed by atoms with Crippen LogP contribution >= 0.6 is 23.1 Å². The average molecular weight is 636 g/mol. The molecule has 2 unspecified atom stereocenters. The smallest absolute Gasteiger partial charge is 0.164 e. The summed E-state index contributed by atoms with van der Waals surface area (Å²) < 4.78 is 4.98. The van der Waals surface area contributed by atoms with E-state index in [0.717, 1.165) is 38.8 Å². The summed E-state index contributed by atoms with van der Waals surface area (Å²) in [6.45, 7) is 0. The molecule has 2 aliphatic rings. The molecule has 0 fully saturated rings. The van der Waals surface area contributed by atoms with Gasteiger partial charge in [-0.05, 0) is 57.9 Å². The molecule has 1 aliphatic carbocycles. The Morgan fingerprint density at radius 2 is 1.34 bits per heavy atom. The molecule has 4 heterocycles. The second-order valence-electron chi connectivity index (χ2n) is 12.5. The molecule has 3 aromatic heterocycles. The van der Waals surface area contributed by atoms with E-state index < -0.39 is 0 Å². The van der Waals surface area contributed by atoms with Crippen molar-refractivity contribution in [3.8, 4) is 17.1 Å². The molecular formula is C42H25N3S2. The summed E-state index contributed by atoms with van der Waals surface area (Å²) in [5, 5.41) is 11.3. The van der Waals surface area contributed by atoms with Crippen molar-refractivity contribution in [2.75, 3.05) is 0 Å². The lowest BCUT2D eigenvalue weighted by Crippen LogP contribution is -2.11. The molecule has 11 rings (SSSR count). The van der Waals surface area contributed by atoms with E-state index in [1.165, 1.54) is 52.5 Å². The van der Waals surface area contributed by atoms with Crippen LogP contribution in [0.15, 0.2) is 145 Å². The lowest BCUT2D eigenvalue weighted by Gasteiger charge is -2.17. The second kappa shape index (κ2) is 9.64. The third-order valence-corrected chi connectivity index (χ3v) is 12.3. The largest absolute Gasteiger partial charge is 0.292 e. The first-order valence-electron chi connectivity index (χ1n) is 16.0. The first-order valence-corrected chi connectivity index (χ1v) is 17.7. The summed E-state index contributed by atoms with van der Waals surface area (Å²) >= 11 is 3.68. The second-order valence-corrected chi connectivity index (χ2v) is 14.8. The zero-order chi connectivity index (χ0) is 30.6. The predicted molar refractivity (Wildman–Crippen MR) is 200 cm³/mol. The molecule has 0 radical (unpaired) electrons. The summed E-state index contributed by atoms with van der Waals surface area (Å²) in [5.41, 5.74) is 5.37. The number of thiophene rings is 1. The molecule has 0 N–H and O–H groups in total. The van der Waals surface area contributed by atoms with E-state index in [-0.39, 0.29) is 5.92 Å². The van der Waals surface area contributed by atoms with Crippen molar-refractivity contribution < 1.29 is 0 Å². The first-order chi connectivity index (χ1) is 23.3. The van der Waals surface area contributed by atoms with E-state index in [4.69, 9.17) is 9.97 Å². The fourth-order valence-electron chi connectivity index (χ4n) is 7.73. The van der Waals surface area contributed by atoms with Crippen LogP contribution in [-0.2, 0) is 0 Å². The van der Waals surface area contributed by atoms with E-state index in [1.807, 2.05) is 23.1 Å². The van der Waals surface area contributed by atoms with Crippen molar-refractivity contribution in [3.63, 3.8) is 0 Å². The Kier molecular flexibility index (Phi) is 5.32. The van der Waals surface area contributed by atoms with Crippen molar-refractivity contribution in [1.29, 1.82) is 0 Å². The van der Waals surface area contributed by atoms with Crippen LogP contribution in [0.2, 0.25) is 0 Å². The van der Waals surface area contributed by atoms with Gasteiger partial charge in [0.05, 0.1) is 16.7 Å². The van der Waals surface area contributed by atoms with Crippen LogP contribution in [0.1, 0.15) is 11.6 Å². The minimum atomic E-state index is 0.207. The van der Waals surface area contributed by atoms with Crippen molar-refractivity contribution in [2.45, 2.75) is 16.2 Å². The summed E-state index contributed by atoms with van der Waals surface area (Å²) in [6.07, 6.45) is 8.89. The summed E-state index contributed by atoms with van der Waals surface area (Å²) in [7, 11) is 0. The van der Waals surface area contributed by atoms with Crippen LogP contribution in [-0.4, -0.2) is 19.8 Å². The highest BCUT2D eigenvalue weighted by Gasteiger charge is 2.36. The van der Waals surface area contributed by atoms with Crippen molar-refractivity contribution in [1.82, 2.24) is 14.5 Å². The van der Waals surface area contributed by atoms with Crippen molar-refractivity contribution in [2.24, 2.45) is 0 Å². The Balaban J connectivity index is 1.29. The van der Waals surface area contributed by atoms with Crippen LogP contribution in [0.4, 0.5) is 0 Å². The average Bonchev–Trinajstić information content (AvgIpc) is 3.78. The van der Waals surface area contributed by atoms with E-state index in [1.54, 1.807) is 0 Å². The Labute approximate surface area is 278 Å². The zero-order valence-corrected chi connectivity index (χ0v) is 26.7. The molecular weight excluding hydrogens is 611 g/mol. The molecule has 3 nitrogen and oxygen atoms in total. The Morgan fingerprint density at radius 1 is 0.574 bits per heavy atom. The fourth-order valence-corrected chi connectivity index (χ4v) is 10.1. The van der Waals surface area contributed by atoms with E-state index >= 15 is 0 Å². The number of hydrogen-bond donors (Lipinski definition) is 0. The molecule has 0 saturated heterocycles. The van der Waals surface area contributed by atoms with Gasteiger partial charge in [-0.2, -0.15) is 0 Å². The summed E-state index contributed by atoms with van der Waals surface area (Å²) in [6, 6.07) is 42.2. The van der Waals surface area contributed by atoms with Gasteiger partial charge in [-0.15, -0.1) is 11.3 Å². The maximum absolute atomic E-state index is 5.64. The number of benzene rings is 6. The molecule has 0 saturated carbocycles. The van der Waals surface area contributed by atoms with Gasteiger partial charge in [0.2, 0.25) is 0 Å². The first kappa shape index (κ1) is 25.9. The van der Waals surface area contributed by atoms with Gasteiger partial charge in [0.1, 0.15) is 10.7 Å². The molecule has 0 amide bonds. The monoisotopic (exact) mass is 635 g/mol. The van der Waals surface area contributed by atoms with Gasteiger partial charge in [-0.3, -0.25) is 4.57 Å². The van der Waals surface area contributed by atoms with E-state index in [9.17, 15) is 0 Å². The lowest BCUT2D eigenvalue weighted by atomic mass is 9.97. The number of nitrogens with zero attached hydrogens (tertiary/aromatic N) is 3. The maximum Gasteiger partial charge on any atom is 0.164 e. The number of thioether (sulfide) groups is 1. The standard InChI is InChI=1S/C42H25N3S2/c1-2-11-26-23-34-32(21-25(26)10-1)38-28-12-4-3-9-24(28)17-19-33(38)45(34)41-39(44-42-40(43-41)30-14-6-8-16-36(30)47-42)27-18-20-37-31(22-27)29-13-5-7-15-35(29)46-37/h1-23,30,36H. The number of hydrogen-bond acceptors (Lipinski definition) is 4. The molecule has 47 heavy (non-hydrogen) atoms. The quantitative estimate of drug-likeness (QED) is 0.189. The Morgan fingerprint density at radius 3 is 2.26 bits per heavy atom. The van der Waals surface area contributed by atoms with Gasteiger partial charge in [-0.25, -0.2) is 9.97 Å². The molecule has 9 aromatic rings. The topological polar surface area (TPSA) is 30.7 Å². The molecule has 5 heteroatoms. The highest BCUT2D eigenvalue weighted by molar-refractivity contribution is 8.00. The van der Waals surface area contributed by atoms with E-state index in [0.29, 0.717) is 5.25 Å². The minimum Gasteiger partial charge on any atom is -0.292 e.